The van der Waals surface area contributed by atoms with Crippen molar-refractivity contribution in [2.24, 2.45) is 0 Å². The third-order valence-electron chi connectivity index (χ3n) is 5.18. The van der Waals surface area contributed by atoms with Crippen LogP contribution >= 0.6 is 11.3 Å². The fourth-order valence-corrected chi connectivity index (χ4v) is 6.50. The Kier molecular flexibility index (Phi) is 5.72. The molecule has 1 aromatic rings. The van der Waals surface area contributed by atoms with E-state index in [-0.39, 0.29) is 23.5 Å². The molecule has 1 aliphatic carbocycles. The lowest BCUT2D eigenvalue weighted by Crippen LogP contribution is -2.44. The van der Waals surface area contributed by atoms with Crippen LogP contribution in [0.15, 0.2) is 6.07 Å². The number of carbonyl (C=O) groups is 2. The summed E-state index contributed by atoms with van der Waals surface area (Å²) in [7, 11) is -1.50. The number of ether oxygens (including phenoxy) is 1. The Morgan fingerprint density at radius 2 is 2.00 bits per heavy atom. The molecule has 2 aliphatic rings. The van der Waals surface area contributed by atoms with E-state index in [9.17, 15) is 18.0 Å². The van der Waals surface area contributed by atoms with E-state index in [0.717, 1.165) is 25.7 Å². The minimum Gasteiger partial charge on any atom is -0.448 e. The van der Waals surface area contributed by atoms with Crippen molar-refractivity contribution in [1.82, 2.24) is 4.90 Å². The van der Waals surface area contributed by atoms with Gasteiger partial charge in [0.15, 0.2) is 15.9 Å². The van der Waals surface area contributed by atoms with Crippen molar-refractivity contribution in [2.75, 3.05) is 18.6 Å². The Hall–Kier alpha value is -1.41. The van der Waals surface area contributed by atoms with Gasteiger partial charge in [0.25, 0.3) is 5.91 Å². The Morgan fingerprint density at radius 1 is 1.27 bits per heavy atom. The summed E-state index contributed by atoms with van der Waals surface area (Å²) < 4.78 is 28.6. The Bertz CT molecular complexity index is 775. The minimum atomic E-state index is -3.07. The third kappa shape index (κ3) is 4.28. The van der Waals surface area contributed by atoms with Crippen LogP contribution in [0.1, 0.15) is 52.7 Å². The first kappa shape index (κ1) is 19.4. The largest absolute Gasteiger partial charge is 0.448 e. The van der Waals surface area contributed by atoms with Gasteiger partial charge in [-0.3, -0.25) is 4.79 Å². The van der Waals surface area contributed by atoms with Gasteiger partial charge in [-0.1, -0.05) is 6.42 Å². The molecule has 0 aromatic carbocycles. The predicted molar refractivity (Wildman–Crippen MR) is 100 cm³/mol. The van der Waals surface area contributed by atoms with E-state index < -0.39 is 21.9 Å². The lowest BCUT2D eigenvalue weighted by atomic mass is 10.1. The molecule has 1 saturated heterocycles. The maximum atomic E-state index is 12.5. The summed E-state index contributed by atoms with van der Waals surface area (Å²) in [6.07, 6.45) is 5.00. The van der Waals surface area contributed by atoms with Crippen LogP contribution in [0.2, 0.25) is 0 Å². The molecule has 0 spiro atoms. The van der Waals surface area contributed by atoms with E-state index >= 15 is 0 Å². The molecule has 0 unspecified atom stereocenters. The average Bonchev–Trinajstić information content (AvgIpc) is 3.09. The molecule has 2 atom stereocenters. The van der Waals surface area contributed by atoms with Gasteiger partial charge >= 0.3 is 5.97 Å². The number of nitrogens with zero attached hydrogens (tertiary/aromatic N) is 1. The number of thiophene rings is 1. The number of hydrogen-bond donors (Lipinski definition) is 0. The predicted octanol–water partition coefficient (Wildman–Crippen LogP) is 2.21. The van der Waals surface area contributed by atoms with Crippen molar-refractivity contribution in [3.8, 4) is 0 Å². The number of fused-ring (bicyclic) bond motifs is 1. The van der Waals surface area contributed by atoms with Gasteiger partial charge in [0, 0.05) is 18.0 Å². The molecule has 1 fully saturated rings. The number of hydrogen-bond acceptors (Lipinski definition) is 6. The second kappa shape index (κ2) is 7.68. The van der Waals surface area contributed by atoms with Gasteiger partial charge in [-0.15, -0.1) is 11.3 Å². The highest BCUT2D eigenvalue weighted by molar-refractivity contribution is 7.91. The maximum absolute atomic E-state index is 12.5. The monoisotopic (exact) mass is 399 g/mol. The molecule has 144 valence electrons. The molecule has 26 heavy (non-hydrogen) atoms. The number of esters is 1. The number of carbonyl (C=O) groups excluding carboxylic acids is 2. The van der Waals surface area contributed by atoms with E-state index in [1.807, 2.05) is 6.07 Å². The van der Waals surface area contributed by atoms with Gasteiger partial charge in [0.2, 0.25) is 0 Å². The van der Waals surface area contributed by atoms with Crippen LogP contribution in [0, 0.1) is 0 Å². The zero-order valence-corrected chi connectivity index (χ0v) is 16.8. The van der Waals surface area contributed by atoms with Crippen molar-refractivity contribution < 1.29 is 22.7 Å². The second-order valence-electron chi connectivity index (χ2n) is 7.17. The molecule has 0 bridgehead atoms. The molecule has 1 aliphatic heterocycles. The first-order valence-electron chi connectivity index (χ1n) is 9.06. The van der Waals surface area contributed by atoms with Gasteiger partial charge in [0.1, 0.15) is 4.88 Å². The first-order valence-corrected chi connectivity index (χ1v) is 11.7. The lowest BCUT2D eigenvalue weighted by molar-refractivity contribution is -0.140. The van der Waals surface area contributed by atoms with E-state index in [4.69, 9.17) is 4.74 Å². The Labute approximate surface area is 158 Å². The second-order valence-corrected chi connectivity index (χ2v) is 10.5. The number of aryl methyl sites for hydroxylation is 2. The van der Waals surface area contributed by atoms with Gasteiger partial charge < -0.3 is 9.64 Å². The van der Waals surface area contributed by atoms with Crippen molar-refractivity contribution in [1.29, 1.82) is 0 Å². The maximum Gasteiger partial charge on any atom is 0.349 e. The van der Waals surface area contributed by atoms with Crippen LogP contribution in [0.3, 0.4) is 0 Å². The summed E-state index contributed by atoms with van der Waals surface area (Å²) in [6, 6.07) is 1.56. The summed E-state index contributed by atoms with van der Waals surface area (Å²) in [4.78, 5) is 28.1. The van der Waals surface area contributed by atoms with E-state index in [0.29, 0.717) is 11.3 Å². The molecule has 3 rings (SSSR count). The molecule has 8 heteroatoms. The molecule has 0 saturated carbocycles. The molecular formula is C18H25NO5S2. The first-order chi connectivity index (χ1) is 12.3. The number of rotatable bonds is 4. The minimum absolute atomic E-state index is 0.0203. The normalized spacial score (nSPS) is 22.9. The summed E-state index contributed by atoms with van der Waals surface area (Å²) in [5, 5.41) is 0. The molecule has 1 aromatic heterocycles. The molecule has 0 radical (unpaired) electrons. The molecule has 6 nitrogen and oxygen atoms in total. The van der Waals surface area contributed by atoms with Gasteiger partial charge in [-0.05, 0) is 50.7 Å². The van der Waals surface area contributed by atoms with Crippen LogP contribution in [0.5, 0.6) is 0 Å². The number of likely N-dealkylation sites (N-methyl/N-ethyl adjacent to an activating group) is 1. The van der Waals surface area contributed by atoms with Gasteiger partial charge in [-0.2, -0.15) is 0 Å². The molecule has 2 heterocycles. The van der Waals surface area contributed by atoms with Crippen molar-refractivity contribution >= 4 is 33.1 Å². The number of sulfone groups is 1. The summed E-state index contributed by atoms with van der Waals surface area (Å²) in [5.41, 5.74) is 1.23. The highest BCUT2D eigenvalue weighted by Gasteiger charge is 2.35. The summed E-state index contributed by atoms with van der Waals surface area (Å²) in [5.74, 6) is -0.757. The van der Waals surface area contributed by atoms with Crippen molar-refractivity contribution in [3.63, 3.8) is 0 Å². The van der Waals surface area contributed by atoms with Crippen LogP contribution in [-0.4, -0.2) is 55.9 Å². The van der Waals surface area contributed by atoms with E-state index in [1.165, 1.54) is 33.1 Å². The fourth-order valence-electron chi connectivity index (χ4n) is 3.58. The Balaban J connectivity index is 1.61. The summed E-state index contributed by atoms with van der Waals surface area (Å²) >= 11 is 1.47. The molecule has 1 amide bonds. The van der Waals surface area contributed by atoms with E-state index in [1.54, 1.807) is 14.0 Å². The average molecular weight is 400 g/mol. The van der Waals surface area contributed by atoms with Crippen LogP contribution in [0.25, 0.3) is 0 Å². The van der Waals surface area contributed by atoms with Crippen molar-refractivity contribution in [3.05, 3.63) is 21.4 Å². The third-order valence-corrected chi connectivity index (χ3v) is 8.15. The zero-order chi connectivity index (χ0) is 18.9. The standard InChI is InChI=1S/C18H25NO5S2/c1-12(17(20)19(2)14-8-9-26(22,23)11-14)24-18(21)16-10-13-6-4-3-5-7-15(13)25-16/h10,12,14H,3-9,11H2,1-2H3/t12-,14+/m0/s1. The van der Waals surface area contributed by atoms with Crippen LogP contribution < -0.4 is 0 Å². The summed E-state index contributed by atoms with van der Waals surface area (Å²) in [6.45, 7) is 1.54. The van der Waals surface area contributed by atoms with Gasteiger partial charge in [0.05, 0.1) is 11.5 Å². The van der Waals surface area contributed by atoms with E-state index in [2.05, 4.69) is 0 Å². The zero-order valence-electron chi connectivity index (χ0n) is 15.2. The SMILES string of the molecule is C[C@H](OC(=O)c1cc2c(s1)CCCCC2)C(=O)N(C)[C@@H]1CCS(=O)(=O)C1. The Morgan fingerprint density at radius 3 is 2.69 bits per heavy atom. The van der Waals surface area contributed by atoms with Crippen molar-refractivity contribution in [2.45, 2.75) is 57.6 Å². The highest BCUT2D eigenvalue weighted by Crippen LogP contribution is 2.29. The topological polar surface area (TPSA) is 80.8 Å². The molecule has 0 N–H and O–H groups in total. The lowest BCUT2D eigenvalue weighted by Gasteiger charge is -2.26. The van der Waals surface area contributed by atoms with Crippen LogP contribution in [-0.2, 0) is 32.2 Å². The molecular weight excluding hydrogens is 374 g/mol. The van der Waals surface area contributed by atoms with Gasteiger partial charge in [-0.25, -0.2) is 13.2 Å². The quantitative estimate of drug-likeness (QED) is 0.573. The van der Waals surface area contributed by atoms with Crippen LogP contribution in [0.4, 0.5) is 0 Å². The number of amides is 1. The smallest absolute Gasteiger partial charge is 0.349 e. The highest BCUT2D eigenvalue weighted by atomic mass is 32.2. The fraction of sp³-hybridized carbons (Fsp3) is 0.667.